The van der Waals surface area contributed by atoms with E-state index in [9.17, 15) is 83.1 Å². The Labute approximate surface area is 166 Å². The fourth-order valence-corrected chi connectivity index (χ4v) is 2.77. The number of sulfonamides is 1. The standard InChI is InChI=1S/C11H8F17NO2S/c1-2-3-29-32(30,31)11(27,28)9(22,23)7(18,19)5(14,15)4(12,13)6(16,17)8(20,21)10(24,25)26/h29H,2-3H2,1H3. The van der Waals surface area contributed by atoms with Crippen molar-refractivity contribution in [3.63, 3.8) is 0 Å². The van der Waals surface area contributed by atoms with Gasteiger partial charge in [-0.1, -0.05) is 6.92 Å². The molecule has 0 rings (SSSR count). The molecule has 21 heteroatoms. The van der Waals surface area contributed by atoms with Crippen molar-refractivity contribution in [2.75, 3.05) is 6.54 Å². The largest absolute Gasteiger partial charge is 0.460 e. The van der Waals surface area contributed by atoms with Gasteiger partial charge in [-0.15, -0.1) is 0 Å². The van der Waals surface area contributed by atoms with Crippen LogP contribution in [0.5, 0.6) is 0 Å². The molecule has 0 aromatic heterocycles. The van der Waals surface area contributed by atoms with Crippen molar-refractivity contribution in [3.05, 3.63) is 0 Å². The molecule has 0 spiro atoms. The summed E-state index contributed by atoms with van der Waals surface area (Å²) in [4.78, 5) is 0. The van der Waals surface area contributed by atoms with Crippen LogP contribution in [0.1, 0.15) is 13.3 Å². The number of rotatable bonds is 10. The molecule has 0 amide bonds. The van der Waals surface area contributed by atoms with Crippen molar-refractivity contribution in [2.45, 2.75) is 60.3 Å². The normalized spacial score (nSPS) is 16.4. The molecule has 0 atom stereocenters. The first kappa shape index (κ1) is 30.7. The van der Waals surface area contributed by atoms with Crippen molar-refractivity contribution in [2.24, 2.45) is 0 Å². The van der Waals surface area contributed by atoms with Crippen LogP contribution in [0.2, 0.25) is 0 Å². The van der Waals surface area contributed by atoms with Crippen LogP contribution in [0, 0.1) is 0 Å². The van der Waals surface area contributed by atoms with Crippen LogP contribution < -0.4 is 4.72 Å². The predicted octanol–water partition coefficient (Wildman–Crippen LogP) is 5.28. The van der Waals surface area contributed by atoms with Gasteiger partial charge in [-0.25, -0.2) is 13.1 Å². The lowest BCUT2D eigenvalue weighted by Crippen LogP contribution is -2.75. The molecule has 0 aliphatic rings. The Hall–Kier alpha value is -1.28. The summed E-state index contributed by atoms with van der Waals surface area (Å²) in [6.45, 7) is -0.312. The minimum Gasteiger partial charge on any atom is -0.210 e. The monoisotopic (exact) mass is 541 g/mol. The lowest BCUT2D eigenvalue weighted by atomic mass is 9.91. The molecule has 1 N–H and O–H groups in total. The van der Waals surface area contributed by atoms with Crippen LogP contribution in [0.25, 0.3) is 0 Å². The van der Waals surface area contributed by atoms with Crippen molar-refractivity contribution in [1.82, 2.24) is 4.72 Å². The van der Waals surface area contributed by atoms with E-state index in [1.165, 1.54) is 0 Å². The van der Waals surface area contributed by atoms with Crippen molar-refractivity contribution >= 4 is 10.0 Å². The fraction of sp³-hybridized carbons (Fsp3) is 1.00. The fourth-order valence-electron chi connectivity index (χ4n) is 1.65. The number of nitrogens with one attached hydrogen (secondary N) is 1. The van der Waals surface area contributed by atoms with E-state index in [4.69, 9.17) is 0 Å². The SMILES string of the molecule is CCCNS(=O)(=O)C(F)(F)C(F)(F)C(F)(F)C(F)(F)C(F)(F)C(F)(F)C(F)(F)C(F)(F)F. The lowest BCUT2D eigenvalue weighted by molar-refractivity contribution is -0.458. The Morgan fingerprint density at radius 3 is 1.09 bits per heavy atom. The zero-order chi connectivity index (χ0) is 26.6. The summed E-state index contributed by atoms with van der Waals surface area (Å²) in [7, 11) is -7.16. The second-order valence-corrected chi connectivity index (χ2v) is 7.67. The highest BCUT2D eigenvalue weighted by Gasteiger charge is 2.96. The van der Waals surface area contributed by atoms with Crippen molar-refractivity contribution in [1.29, 1.82) is 0 Å². The van der Waals surface area contributed by atoms with E-state index in [0.29, 0.717) is 4.72 Å². The summed E-state index contributed by atoms with van der Waals surface area (Å²) < 4.78 is 243. The zero-order valence-corrected chi connectivity index (χ0v) is 15.4. The average Bonchev–Trinajstić information content (AvgIpc) is 2.57. The van der Waals surface area contributed by atoms with Crippen molar-refractivity contribution < 1.29 is 83.1 Å². The second-order valence-electron chi connectivity index (χ2n) is 5.86. The Bertz CT molecular complexity index is 785. The maximum absolute atomic E-state index is 13.5. The third-order valence-corrected chi connectivity index (χ3v) is 5.09. The first-order valence-electron chi connectivity index (χ1n) is 7.26. The molecule has 0 radical (unpaired) electrons. The molecule has 0 aliphatic heterocycles. The molecular formula is C11H8F17NO2S. The van der Waals surface area contributed by atoms with E-state index in [-0.39, 0.29) is 0 Å². The van der Waals surface area contributed by atoms with Gasteiger partial charge in [0, 0.05) is 6.54 Å². The minimum atomic E-state index is -8.81. The third-order valence-electron chi connectivity index (χ3n) is 3.57. The van der Waals surface area contributed by atoms with E-state index < -0.39 is 70.0 Å². The molecular weight excluding hydrogens is 533 g/mol. The van der Waals surface area contributed by atoms with Gasteiger partial charge in [-0.2, -0.15) is 74.6 Å². The van der Waals surface area contributed by atoms with Gasteiger partial charge in [-0.3, -0.25) is 0 Å². The van der Waals surface area contributed by atoms with Crippen LogP contribution in [0.3, 0.4) is 0 Å². The van der Waals surface area contributed by atoms with Gasteiger partial charge in [0.1, 0.15) is 0 Å². The molecule has 0 aliphatic carbocycles. The van der Waals surface area contributed by atoms with Gasteiger partial charge in [0.05, 0.1) is 0 Å². The summed E-state index contributed by atoms with van der Waals surface area (Å²) in [6, 6.07) is 0. The summed E-state index contributed by atoms with van der Waals surface area (Å²) in [6.07, 6.45) is -8.39. The van der Waals surface area contributed by atoms with Gasteiger partial charge in [-0.05, 0) is 6.42 Å². The molecule has 3 nitrogen and oxygen atoms in total. The number of hydrogen-bond donors (Lipinski definition) is 1. The lowest BCUT2D eigenvalue weighted by Gasteiger charge is -2.42. The van der Waals surface area contributed by atoms with E-state index in [2.05, 4.69) is 0 Å². The summed E-state index contributed by atoms with van der Waals surface area (Å²) >= 11 is 0. The molecule has 0 fully saturated rings. The molecule has 0 saturated carbocycles. The molecule has 0 aromatic rings. The van der Waals surface area contributed by atoms with Crippen LogP contribution in [0.4, 0.5) is 74.6 Å². The highest BCUT2D eigenvalue weighted by Crippen LogP contribution is 2.64. The van der Waals surface area contributed by atoms with Gasteiger partial charge >= 0.3 is 47.0 Å². The average molecular weight is 541 g/mol. The summed E-state index contributed by atoms with van der Waals surface area (Å²) in [5.41, 5.74) is 0. The summed E-state index contributed by atoms with van der Waals surface area (Å²) in [5, 5.41) is -7.50. The number of halogens is 17. The van der Waals surface area contributed by atoms with Crippen molar-refractivity contribution in [3.8, 4) is 0 Å². The molecule has 0 unspecified atom stereocenters. The Balaban J connectivity index is 6.85. The van der Waals surface area contributed by atoms with Crippen LogP contribution in [0.15, 0.2) is 0 Å². The molecule has 0 aromatic carbocycles. The van der Waals surface area contributed by atoms with E-state index in [0.717, 1.165) is 6.92 Å². The highest BCUT2D eigenvalue weighted by atomic mass is 32.2. The Morgan fingerprint density at radius 2 is 0.812 bits per heavy atom. The maximum atomic E-state index is 13.5. The van der Waals surface area contributed by atoms with E-state index in [1.54, 1.807) is 0 Å². The van der Waals surface area contributed by atoms with Gasteiger partial charge in [0.25, 0.3) is 10.0 Å². The molecule has 32 heavy (non-hydrogen) atoms. The van der Waals surface area contributed by atoms with Crippen LogP contribution in [-0.4, -0.2) is 61.9 Å². The molecule has 0 saturated heterocycles. The van der Waals surface area contributed by atoms with Gasteiger partial charge < -0.3 is 0 Å². The van der Waals surface area contributed by atoms with Gasteiger partial charge in [0.2, 0.25) is 0 Å². The molecule has 194 valence electrons. The second kappa shape index (κ2) is 7.90. The summed E-state index contributed by atoms with van der Waals surface area (Å²) in [5.74, 6) is -51.4. The quantitative estimate of drug-likeness (QED) is 0.383. The maximum Gasteiger partial charge on any atom is 0.460 e. The third kappa shape index (κ3) is 3.85. The minimum absolute atomic E-state index is 0.451. The number of alkyl halides is 17. The Kier molecular flexibility index (Phi) is 7.58. The smallest absolute Gasteiger partial charge is 0.210 e. The number of hydrogen-bond acceptors (Lipinski definition) is 2. The van der Waals surface area contributed by atoms with Crippen LogP contribution >= 0.6 is 0 Å². The van der Waals surface area contributed by atoms with E-state index >= 15 is 0 Å². The van der Waals surface area contributed by atoms with Gasteiger partial charge in [0.15, 0.2) is 0 Å². The first-order chi connectivity index (χ1) is 13.6. The molecule has 0 heterocycles. The zero-order valence-electron chi connectivity index (χ0n) is 14.6. The topological polar surface area (TPSA) is 46.2 Å². The van der Waals surface area contributed by atoms with E-state index in [1.807, 2.05) is 0 Å². The molecule has 0 bridgehead atoms. The Morgan fingerprint density at radius 1 is 0.531 bits per heavy atom. The predicted molar refractivity (Wildman–Crippen MR) is 67.9 cm³/mol. The first-order valence-corrected chi connectivity index (χ1v) is 8.75. The van der Waals surface area contributed by atoms with Crippen LogP contribution in [-0.2, 0) is 10.0 Å². The highest BCUT2D eigenvalue weighted by molar-refractivity contribution is 7.90.